The van der Waals surface area contributed by atoms with Crippen molar-refractivity contribution in [2.24, 2.45) is 22.8 Å². The fraction of sp³-hybridized carbons (Fsp3) is 0.786. The molecule has 0 bridgehead atoms. The van der Waals surface area contributed by atoms with Gasteiger partial charge in [-0.25, -0.2) is 0 Å². The molecule has 0 aromatic rings. The Bertz CT molecular complexity index is 432. The van der Waals surface area contributed by atoms with Gasteiger partial charge in [0.1, 0.15) is 0 Å². The second-order valence-corrected chi connectivity index (χ2v) is 6.58. The number of thiocarbonyl (C=S) groups is 1. The van der Waals surface area contributed by atoms with Crippen LogP contribution in [0.3, 0.4) is 0 Å². The summed E-state index contributed by atoms with van der Waals surface area (Å²) >= 11 is 5.17. The van der Waals surface area contributed by atoms with Crippen molar-refractivity contribution in [1.29, 1.82) is 0 Å². The summed E-state index contributed by atoms with van der Waals surface area (Å²) in [6.07, 6.45) is 4.96. The first-order chi connectivity index (χ1) is 9.38. The minimum Gasteiger partial charge on any atom is -0.392 e. The molecule has 2 amide bonds. The zero-order chi connectivity index (χ0) is 14.9. The van der Waals surface area contributed by atoms with E-state index in [-0.39, 0.29) is 23.8 Å². The van der Waals surface area contributed by atoms with Crippen molar-refractivity contribution in [2.45, 2.75) is 51.5 Å². The van der Waals surface area contributed by atoms with Crippen LogP contribution >= 0.6 is 12.2 Å². The molecule has 1 aliphatic heterocycles. The van der Waals surface area contributed by atoms with Gasteiger partial charge in [-0.15, -0.1) is 0 Å². The molecule has 2 fully saturated rings. The maximum atomic E-state index is 12.9. The number of likely N-dealkylation sites (tertiary alicyclic amines) is 1. The van der Waals surface area contributed by atoms with Crippen LogP contribution in [0.4, 0.5) is 0 Å². The smallest absolute Gasteiger partial charge is 0.235 e. The molecule has 2 aliphatic rings. The zero-order valence-corrected chi connectivity index (χ0v) is 12.7. The van der Waals surface area contributed by atoms with Crippen LogP contribution in [0.1, 0.15) is 45.4 Å². The average molecular weight is 297 g/mol. The maximum absolute atomic E-state index is 12.9. The van der Waals surface area contributed by atoms with Crippen LogP contribution in [-0.2, 0) is 9.59 Å². The third kappa shape index (κ3) is 2.53. The standard InChI is InChI=1S/C14H23N3O2S/c1-9-4-5-10(11(15)18)8-17(9)13(19)14(12(16)20)6-2-3-7-14/h9-10H,2-8H2,1H3,(H2,15,18)(H2,16,20). The Morgan fingerprint density at radius 3 is 2.30 bits per heavy atom. The van der Waals surface area contributed by atoms with E-state index in [1.807, 2.05) is 6.92 Å². The van der Waals surface area contributed by atoms with Gasteiger partial charge in [-0.3, -0.25) is 9.59 Å². The average Bonchev–Trinajstić information content (AvgIpc) is 2.88. The predicted octanol–water partition coefficient (Wildman–Crippen LogP) is 0.945. The molecule has 1 heterocycles. The zero-order valence-electron chi connectivity index (χ0n) is 11.9. The third-order valence-corrected chi connectivity index (χ3v) is 5.27. The molecule has 1 saturated carbocycles. The molecule has 20 heavy (non-hydrogen) atoms. The molecule has 0 spiro atoms. The summed E-state index contributed by atoms with van der Waals surface area (Å²) in [6.45, 7) is 2.41. The summed E-state index contributed by atoms with van der Waals surface area (Å²) in [5, 5.41) is 0. The SMILES string of the molecule is CC1CCC(C(N)=O)CN1C(=O)C1(C(N)=S)CCCC1. The minimum atomic E-state index is -0.691. The molecule has 2 rings (SSSR count). The second kappa shape index (κ2) is 5.68. The summed E-state index contributed by atoms with van der Waals surface area (Å²) < 4.78 is 0. The van der Waals surface area contributed by atoms with Crippen LogP contribution in [0.25, 0.3) is 0 Å². The highest BCUT2D eigenvalue weighted by Crippen LogP contribution is 2.41. The number of nitrogens with zero attached hydrogens (tertiary/aromatic N) is 1. The summed E-state index contributed by atoms with van der Waals surface area (Å²) in [5.41, 5.74) is 10.6. The molecule has 1 saturated heterocycles. The van der Waals surface area contributed by atoms with Gasteiger partial charge in [0.05, 0.1) is 16.3 Å². The Morgan fingerprint density at radius 2 is 1.80 bits per heavy atom. The summed E-state index contributed by atoms with van der Waals surface area (Å²) in [4.78, 5) is 26.4. The van der Waals surface area contributed by atoms with Crippen molar-refractivity contribution in [3.8, 4) is 0 Å². The van der Waals surface area contributed by atoms with Crippen molar-refractivity contribution in [2.75, 3.05) is 6.54 Å². The number of rotatable bonds is 3. The van der Waals surface area contributed by atoms with E-state index in [9.17, 15) is 9.59 Å². The van der Waals surface area contributed by atoms with E-state index in [0.29, 0.717) is 11.5 Å². The van der Waals surface area contributed by atoms with Crippen LogP contribution in [0.5, 0.6) is 0 Å². The van der Waals surface area contributed by atoms with E-state index >= 15 is 0 Å². The Balaban J connectivity index is 2.21. The monoisotopic (exact) mass is 297 g/mol. The summed E-state index contributed by atoms with van der Waals surface area (Å²) in [7, 11) is 0. The first-order valence-electron chi connectivity index (χ1n) is 7.29. The van der Waals surface area contributed by atoms with E-state index in [1.54, 1.807) is 4.90 Å². The number of primary amides is 1. The molecule has 4 N–H and O–H groups in total. The fourth-order valence-electron chi connectivity index (χ4n) is 3.44. The van der Waals surface area contributed by atoms with Gasteiger partial charge in [-0.05, 0) is 32.6 Å². The lowest BCUT2D eigenvalue weighted by Crippen LogP contribution is -2.56. The number of carbonyl (C=O) groups excluding carboxylic acids is 2. The highest BCUT2D eigenvalue weighted by Gasteiger charge is 2.48. The van der Waals surface area contributed by atoms with Crippen molar-refractivity contribution in [1.82, 2.24) is 4.90 Å². The van der Waals surface area contributed by atoms with E-state index in [2.05, 4.69) is 0 Å². The number of amides is 2. The lowest BCUT2D eigenvalue weighted by atomic mass is 9.82. The number of carbonyl (C=O) groups is 2. The van der Waals surface area contributed by atoms with Gasteiger partial charge < -0.3 is 16.4 Å². The quantitative estimate of drug-likeness (QED) is 0.759. The molecule has 112 valence electrons. The number of hydrogen-bond acceptors (Lipinski definition) is 3. The van der Waals surface area contributed by atoms with E-state index < -0.39 is 5.41 Å². The molecular weight excluding hydrogens is 274 g/mol. The van der Waals surface area contributed by atoms with E-state index in [1.165, 1.54) is 0 Å². The highest BCUT2D eigenvalue weighted by molar-refractivity contribution is 7.80. The number of nitrogens with two attached hydrogens (primary N) is 2. The summed E-state index contributed by atoms with van der Waals surface area (Å²) in [5.74, 6) is -0.577. The van der Waals surface area contributed by atoms with Crippen LogP contribution in [0.15, 0.2) is 0 Å². The van der Waals surface area contributed by atoms with Crippen LogP contribution < -0.4 is 11.5 Å². The second-order valence-electron chi connectivity index (χ2n) is 6.14. The van der Waals surface area contributed by atoms with Crippen LogP contribution in [0, 0.1) is 11.3 Å². The fourth-order valence-corrected chi connectivity index (χ4v) is 3.73. The van der Waals surface area contributed by atoms with Gasteiger partial charge in [0.2, 0.25) is 11.8 Å². The van der Waals surface area contributed by atoms with Gasteiger partial charge >= 0.3 is 0 Å². The van der Waals surface area contributed by atoms with Crippen molar-refractivity contribution in [3.05, 3.63) is 0 Å². The van der Waals surface area contributed by atoms with Crippen molar-refractivity contribution >= 4 is 29.0 Å². The normalized spacial score (nSPS) is 29.1. The molecular formula is C14H23N3O2S. The van der Waals surface area contributed by atoms with E-state index in [0.717, 1.165) is 38.5 Å². The third-order valence-electron chi connectivity index (χ3n) is 4.88. The van der Waals surface area contributed by atoms with Crippen molar-refractivity contribution in [3.63, 3.8) is 0 Å². The lowest BCUT2D eigenvalue weighted by molar-refractivity contribution is -0.144. The van der Waals surface area contributed by atoms with Crippen molar-refractivity contribution < 1.29 is 9.59 Å². The Labute approximate surface area is 125 Å². The Kier molecular flexibility index (Phi) is 4.32. The van der Waals surface area contributed by atoms with Crippen LogP contribution in [0.2, 0.25) is 0 Å². The lowest BCUT2D eigenvalue weighted by Gasteiger charge is -2.41. The molecule has 2 atom stereocenters. The number of piperidine rings is 1. The molecule has 5 nitrogen and oxygen atoms in total. The summed E-state index contributed by atoms with van der Waals surface area (Å²) in [6, 6.07) is 0.116. The molecule has 0 aromatic heterocycles. The van der Waals surface area contributed by atoms with Gasteiger partial charge in [0.25, 0.3) is 0 Å². The van der Waals surface area contributed by atoms with Gasteiger partial charge in [0, 0.05) is 12.6 Å². The first-order valence-corrected chi connectivity index (χ1v) is 7.69. The number of hydrogen-bond donors (Lipinski definition) is 2. The first kappa shape index (κ1) is 15.2. The Hall–Kier alpha value is -1.17. The topological polar surface area (TPSA) is 89.4 Å². The highest BCUT2D eigenvalue weighted by atomic mass is 32.1. The Morgan fingerprint density at radius 1 is 1.20 bits per heavy atom. The maximum Gasteiger partial charge on any atom is 0.235 e. The van der Waals surface area contributed by atoms with Crippen LogP contribution in [-0.4, -0.2) is 34.3 Å². The van der Waals surface area contributed by atoms with Gasteiger partial charge in [-0.1, -0.05) is 25.1 Å². The molecule has 6 heteroatoms. The molecule has 0 aromatic carbocycles. The molecule has 2 unspecified atom stereocenters. The minimum absolute atomic E-state index is 0.000880. The van der Waals surface area contributed by atoms with E-state index in [4.69, 9.17) is 23.7 Å². The van der Waals surface area contributed by atoms with Gasteiger partial charge in [0.15, 0.2) is 0 Å². The molecule has 1 aliphatic carbocycles. The molecule has 0 radical (unpaired) electrons. The largest absolute Gasteiger partial charge is 0.392 e. The predicted molar refractivity (Wildman–Crippen MR) is 80.8 cm³/mol. The van der Waals surface area contributed by atoms with Gasteiger partial charge in [-0.2, -0.15) is 0 Å².